The van der Waals surface area contributed by atoms with E-state index in [-0.39, 0.29) is 46.6 Å². The third-order valence-corrected chi connectivity index (χ3v) is 9.26. The fourth-order valence-electron chi connectivity index (χ4n) is 6.33. The lowest BCUT2D eigenvalue weighted by atomic mass is 9.74. The first-order valence-corrected chi connectivity index (χ1v) is 13.9. The van der Waals surface area contributed by atoms with Gasteiger partial charge in [-0.05, 0) is 65.4 Å². The Morgan fingerprint density at radius 2 is 2.05 bits per heavy atom. The molecule has 5 aliphatic rings. The number of benzene rings is 1. The quantitative estimate of drug-likeness (QED) is 0.401. The van der Waals surface area contributed by atoms with Gasteiger partial charge in [0.15, 0.2) is 18.2 Å². The summed E-state index contributed by atoms with van der Waals surface area (Å²) in [5.41, 5.74) is 1.85. The Morgan fingerprint density at radius 3 is 2.85 bits per heavy atom. The highest BCUT2D eigenvalue weighted by Gasteiger charge is 2.62. The Kier molecular flexibility index (Phi) is 5.72. The van der Waals surface area contributed by atoms with E-state index in [9.17, 15) is 19.2 Å². The van der Waals surface area contributed by atoms with E-state index in [2.05, 4.69) is 14.6 Å². The van der Waals surface area contributed by atoms with Gasteiger partial charge in [-0.15, -0.1) is 5.10 Å². The van der Waals surface area contributed by atoms with Crippen LogP contribution in [0.15, 0.2) is 68.5 Å². The number of allylic oxidation sites excluding steroid dienone is 6. The zero-order valence-electron chi connectivity index (χ0n) is 20.9. The summed E-state index contributed by atoms with van der Waals surface area (Å²) in [6, 6.07) is 4.60. The Bertz CT molecular complexity index is 1720. The molecule has 4 heterocycles. The van der Waals surface area contributed by atoms with Crippen molar-refractivity contribution in [1.29, 1.82) is 0 Å². The van der Waals surface area contributed by atoms with E-state index in [0.717, 1.165) is 23.6 Å². The third kappa shape index (κ3) is 3.90. The molecular weight excluding hydrogens is 559 g/mol. The molecule has 40 heavy (non-hydrogen) atoms. The predicted molar refractivity (Wildman–Crippen MR) is 144 cm³/mol. The summed E-state index contributed by atoms with van der Waals surface area (Å²) < 4.78 is 25.4. The average Bonchev–Trinajstić information content (AvgIpc) is 3.42. The number of hydrogen-bond donors (Lipinski definition) is 0. The minimum absolute atomic E-state index is 0.000620. The molecule has 1 amide bonds. The van der Waals surface area contributed by atoms with Crippen LogP contribution in [0.4, 0.5) is 4.39 Å². The number of aliphatic imine (C=N–C) groups is 1. The van der Waals surface area contributed by atoms with Crippen molar-refractivity contribution >= 4 is 63.0 Å². The number of ether oxygens (including phenoxy) is 1. The molecule has 7 rings (SSSR count). The summed E-state index contributed by atoms with van der Waals surface area (Å²) in [7, 11) is 0. The lowest BCUT2D eigenvalue weighted by Crippen LogP contribution is -2.49. The van der Waals surface area contributed by atoms with Crippen LogP contribution in [0.3, 0.4) is 0 Å². The lowest BCUT2D eigenvalue weighted by Gasteiger charge is -2.41. The highest BCUT2D eigenvalue weighted by molar-refractivity contribution is 7.12. The van der Waals surface area contributed by atoms with E-state index in [1.54, 1.807) is 23.1 Å². The maximum Gasteiger partial charge on any atom is 0.315 e. The number of nitrogens with zero attached hydrogens (tertiary/aromatic N) is 4. The highest BCUT2D eigenvalue weighted by Crippen LogP contribution is 2.62. The molecule has 1 aromatic heterocycles. The summed E-state index contributed by atoms with van der Waals surface area (Å²) in [5.74, 6) is -3.75. The van der Waals surface area contributed by atoms with Crippen LogP contribution >= 0.6 is 23.1 Å². The standard InChI is InChI=1S/C28H20ClFN4O5S/c29-18-10-31-9-16-24(15-6-14(35)7-19(30)25(15)18)17(11-34-23(37)8-28(3-4-28)26(16)34)27(38)39-12-21(36)13-1-2-22-20(5-13)32-33-40-22/h1-2,5-7,10,17,26H,3-4,8-9,11-12H2. The molecule has 0 radical (unpaired) electrons. The zero-order chi connectivity index (χ0) is 27.8. The summed E-state index contributed by atoms with van der Waals surface area (Å²) >= 11 is 7.62. The number of amides is 1. The normalized spacial score (nSPS) is 24.8. The van der Waals surface area contributed by atoms with Crippen molar-refractivity contribution < 1.29 is 28.3 Å². The Hall–Kier alpha value is -3.83. The van der Waals surface area contributed by atoms with E-state index in [0.29, 0.717) is 28.6 Å². The van der Waals surface area contributed by atoms with Gasteiger partial charge >= 0.3 is 5.97 Å². The van der Waals surface area contributed by atoms with Gasteiger partial charge in [0.25, 0.3) is 0 Å². The van der Waals surface area contributed by atoms with Crippen LogP contribution in [0.5, 0.6) is 0 Å². The maximum atomic E-state index is 15.2. The minimum atomic E-state index is -1.07. The van der Waals surface area contributed by atoms with Gasteiger partial charge in [-0.25, -0.2) is 4.39 Å². The number of carbonyl (C=O) groups is 4. The molecule has 1 saturated heterocycles. The molecule has 0 bridgehead atoms. The van der Waals surface area contributed by atoms with Gasteiger partial charge in [-0.2, -0.15) is 0 Å². The second kappa shape index (κ2) is 9.10. The first kappa shape index (κ1) is 25.2. The second-order valence-electron chi connectivity index (χ2n) is 10.6. The molecule has 2 unspecified atom stereocenters. The Morgan fingerprint density at radius 1 is 1.23 bits per heavy atom. The topological polar surface area (TPSA) is 119 Å². The minimum Gasteiger partial charge on any atom is -0.457 e. The zero-order valence-corrected chi connectivity index (χ0v) is 22.4. The second-order valence-corrected chi connectivity index (χ2v) is 11.8. The SMILES string of the molecule is O=C1C=C(F)C2=C(Cl)C=NCC3=C(C2=C1)C(C(=O)OCC(=O)c1ccc2snnc2c1)CN1C(=O)CC2(CC2)C31. The van der Waals surface area contributed by atoms with Crippen molar-refractivity contribution in [2.45, 2.75) is 25.3 Å². The van der Waals surface area contributed by atoms with Crippen LogP contribution in [0.1, 0.15) is 29.6 Å². The molecule has 2 atom stereocenters. The van der Waals surface area contributed by atoms with Gasteiger partial charge in [0.2, 0.25) is 5.91 Å². The van der Waals surface area contributed by atoms with Crippen molar-refractivity contribution in [2.75, 3.05) is 19.7 Å². The molecule has 2 aliphatic carbocycles. The van der Waals surface area contributed by atoms with Crippen LogP contribution in [-0.4, -0.2) is 69.9 Å². The van der Waals surface area contributed by atoms with E-state index < -0.39 is 35.9 Å². The lowest BCUT2D eigenvalue weighted by molar-refractivity contribution is -0.147. The molecule has 2 fully saturated rings. The summed E-state index contributed by atoms with van der Waals surface area (Å²) in [4.78, 5) is 58.3. The van der Waals surface area contributed by atoms with Crippen LogP contribution in [-0.2, 0) is 19.1 Å². The summed E-state index contributed by atoms with van der Waals surface area (Å²) in [6.45, 7) is -0.439. The number of hydrogen-bond acceptors (Lipinski definition) is 9. The largest absolute Gasteiger partial charge is 0.457 e. The maximum absolute atomic E-state index is 15.2. The fraction of sp³-hybridized carbons (Fsp3) is 0.321. The third-order valence-electron chi connectivity index (χ3n) is 8.27. The number of halogens is 2. The number of Topliss-reactive ketones (excluding diaryl/α,β-unsaturated/α-hetero) is 1. The van der Waals surface area contributed by atoms with Crippen molar-refractivity contribution in [3.63, 3.8) is 0 Å². The number of carbonyl (C=O) groups excluding carboxylic acids is 4. The highest BCUT2D eigenvalue weighted by atomic mass is 35.5. The van der Waals surface area contributed by atoms with Gasteiger partial charge in [-0.3, -0.25) is 24.2 Å². The van der Waals surface area contributed by atoms with E-state index in [1.807, 2.05) is 0 Å². The van der Waals surface area contributed by atoms with Crippen LogP contribution in [0, 0.1) is 11.3 Å². The fourth-order valence-corrected chi connectivity index (χ4v) is 7.13. The smallest absolute Gasteiger partial charge is 0.315 e. The van der Waals surface area contributed by atoms with Gasteiger partial charge in [0.05, 0.1) is 22.3 Å². The van der Waals surface area contributed by atoms with Crippen LogP contribution in [0.2, 0.25) is 0 Å². The molecule has 3 aliphatic heterocycles. The first-order valence-electron chi connectivity index (χ1n) is 12.7. The molecule has 1 saturated carbocycles. The summed E-state index contributed by atoms with van der Waals surface area (Å²) in [5, 5.41) is 3.97. The number of fused-ring (bicyclic) bond motifs is 6. The first-order chi connectivity index (χ1) is 19.3. The van der Waals surface area contributed by atoms with Crippen molar-refractivity contribution in [2.24, 2.45) is 16.3 Å². The Labute approximate surface area is 235 Å². The van der Waals surface area contributed by atoms with Gasteiger partial charge in [0.1, 0.15) is 17.3 Å². The van der Waals surface area contributed by atoms with E-state index >= 15 is 4.39 Å². The monoisotopic (exact) mass is 578 g/mol. The molecule has 202 valence electrons. The van der Waals surface area contributed by atoms with Gasteiger partial charge in [-0.1, -0.05) is 16.1 Å². The molecule has 9 nitrogen and oxygen atoms in total. The van der Waals surface area contributed by atoms with Gasteiger partial charge in [0, 0.05) is 41.8 Å². The van der Waals surface area contributed by atoms with Crippen LogP contribution in [0.25, 0.3) is 10.2 Å². The molecular formula is C28H20ClFN4O5S. The molecule has 1 aromatic carbocycles. The van der Waals surface area contributed by atoms with Crippen molar-refractivity contribution in [3.8, 4) is 0 Å². The molecule has 12 heteroatoms. The summed E-state index contributed by atoms with van der Waals surface area (Å²) in [6.07, 6.45) is 5.49. The Balaban J connectivity index is 1.27. The number of ketones is 2. The molecule has 1 spiro atoms. The molecule has 2 aromatic rings. The average molecular weight is 579 g/mol. The van der Waals surface area contributed by atoms with Crippen molar-refractivity contribution in [3.05, 3.63) is 69.1 Å². The van der Waals surface area contributed by atoms with Gasteiger partial charge < -0.3 is 9.64 Å². The predicted octanol–water partition coefficient (Wildman–Crippen LogP) is 3.66. The van der Waals surface area contributed by atoms with E-state index in [1.165, 1.54) is 23.8 Å². The molecule has 0 N–H and O–H groups in total. The number of rotatable bonds is 4. The van der Waals surface area contributed by atoms with E-state index in [4.69, 9.17) is 16.3 Å². The number of aromatic nitrogens is 2. The number of esters is 1. The van der Waals surface area contributed by atoms with Crippen LogP contribution < -0.4 is 0 Å². The van der Waals surface area contributed by atoms with Crippen molar-refractivity contribution in [1.82, 2.24) is 14.5 Å².